The molecule has 1 rings (SSSR count). The molecule has 1 aromatic carbocycles. The number of benzene rings is 1. The maximum Gasteiger partial charge on any atom is 0.253 e. The Balaban J connectivity index is 2.59. The van der Waals surface area contributed by atoms with Crippen LogP contribution in [0.5, 0.6) is 0 Å². The molecule has 1 unspecified atom stereocenters. The van der Waals surface area contributed by atoms with Crippen molar-refractivity contribution in [1.82, 2.24) is 10.6 Å². The molecule has 2 N–H and O–H groups in total. The summed E-state index contributed by atoms with van der Waals surface area (Å²) >= 11 is 6.03. The summed E-state index contributed by atoms with van der Waals surface area (Å²) in [5, 5.41) is 6.08. The van der Waals surface area contributed by atoms with Gasteiger partial charge >= 0.3 is 0 Å². The molecule has 0 radical (unpaired) electrons. The molecular formula is C18H27ClN2O2. The predicted octanol–water partition coefficient (Wildman–Crippen LogP) is 3.79. The van der Waals surface area contributed by atoms with E-state index >= 15 is 0 Å². The number of carbonyl (C=O) groups excluding carboxylic acids is 2. The Bertz CT molecular complexity index is 517. The maximum absolute atomic E-state index is 12.3. The second-order valence-corrected chi connectivity index (χ2v) is 6.43. The van der Waals surface area contributed by atoms with Crippen molar-refractivity contribution in [1.29, 1.82) is 0 Å². The average molecular weight is 339 g/mol. The van der Waals surface area contributed by atoms with Gasteiger partial charge in [-0.3, -0.25) is 9.59 Å². The molecule has 0 aromatic heterocycles. The smallest absolute Gasteiger partial charge is 0.253 e. The van der Waals surface area contributed by atoms with Crippen LogP contribution >= 0.6 is 11.6 Å². The van der Waals surface area contributed by atoms with E-state index in [2.05, 4.69) is 17.6 Å². The minimum atomic E-state index is -0.565. The van der Waals surface area contributed by atoms with Gasteiger partial charge in [0.1, 0.15) is 6.04 Å². The first-order chi connectivity index (χ1) is 11.0. The maximum atomic E-state index is 12.3. The molecule has 1 atom stereocenters. The molecule has 0 aliphatic heterocycles. The second-order valence-electron chi connectivity index (χ2n) is 6.03. The Kier molecular flexibility index (Phi) is 8.70. The fourth-order valence-electron chi connectivity index (χ4n) is 2.27. The zero-order valence-corrected chi connectivity index (χ0v) is 15.0. The third-order valence-corrected chi connectivity index (χ3v) is 4.01. The van der Waals surface area contributed by atoms with E-state index in [-0.39, 0.29) is 17.7 Å². The van der Waals surface area contributed by atoms with Crippen molar-refractivity contribution in [3.8, 4) is 0 Å². The lowest BCUT2D eigenvalue weighted by Gasteiger charge is -2.22. The summed E-state index contributed by atoms with van der Waals surface area (Å²) in [6.45, 7) is 6.62. The molecule has 0 bridgehead atoms. The first-order valence-electron chi connectivity index (χ1n) is 8.30. The molecule has 0 spiro atoms. The van der Waals surface area contributed by atoms with Crippen LogP contribution in [-0.2, 0) is 4.79 Å². The number of unbranched alkanes of at least 4 members (excludes halogenated alkanes) is 3. The third-order valence-electron chi connectivity index (χ3n) is 3.68. The van der Waals surface area contributed by atoms with Gasteiger partial charge in [-0.05, 0) is 24.5 Å². The van der Waals surface area contributed by atoms with Crippen LogP contribution in [0, 0.1) is 5.92 Å². The summed E-state index contributed by atoms with van der Waals surface area (Å²) in [6.07, 6.45) is 4.40. The molecule has 5 heteroatoms. The van der Waals surface area contributed by atoms with Gasteiger partial charge in [-0.1, -0.05) is 63.8 Å². The van der Waals surface area contributed by atoms with Gasteiger partial charge in [0.15, 0.2) is 0 Å². The van der Waals surface area contributed by atoms with Crippen LogP contribution in [0.15, 0.2) is 24.3 Å². The van der Waals surface area contributed by atoms with Crippen molar-refractivity contribution in [3.63, 3.8) is 0 Å². The molecule has 0 aliphatic carbocycles. The van der Waals surface area contributed by atoms with E-state index in [9.17, 15) is 9.59 Å². The van der Waals surface area contributed by atoms with Gasteiger partial charge < -0.3 is 10.6 Å². The van der Waals surface area contributed by atoms with Gasteiger partial charge in [-0.2, -0.15) is 0 Å². The number of hydrogen-bond acceptors (Lipinski definition) is 2. The number of rotatable bonds is 9. The van der Waals surface area contributed by atoms with Crippen LogP contribution in [0.2, 0.25) is 5.02 Å². The summed E-state index contributed by atoms with van der Waals surface area (Å²) in [6, 6.07) is 6.26. The lowest BCUT2D eigenvalue weighted by molar-refractivity contribution is -0.123. The fourth-order valence-corrected chi connectivity index (χ4v) is 2.49. The van der Waals surface area contributed by atoms with Crippen LogP contribution in [0.25, 0.3) is 0 Å². The average Bonchev–Trinajstić information content (AvgIpc) is 2.52. The molecule has 23 heavy (non-hydrogen) atoms. The fraction of sp³-hybridized carbons (Fsp3) is 0.556. The lowest BCUT2D eigenvalue weighted by Crippen LogP contribution is -2.49. The van der Waals surface area contributed by atoms with E-state index in [1.54, 1.807) is 24.3 Å². The minimum absolute atomic E-state index is 0.00270. The van der Waals surface area contributed by atoms with E-state index in [4.69, 9.17) is 11.6 Å². The monoisotopic (exact) mass is 338 g/mol. The van der Waals surface area contributed by atoms with E-state index < -0.39 is 6.04 Å². The van der Waals surface area contributed by atoms with E-state index in [1.165, 1.54) is 6.42 Å². The van der Waals surface area contributed by atoms with Crippen LogP contribution in [0.3, 0.4) is 0 Å². The summed E-state index contributed by atoms with van der Waals surface area (Å²) in [5.41, 5.74) is 0.385. The molecule has 0 aliphatic rings. The molecule has 1 aromatic rings. The quantitative estimate of drug-likeness (QED) is 0.673. The Hall–Kier alpha value is -1.55. The van der Waals surface area contributed by atoms with Crippen molar-refractivity contribution >= 4 is 23.4 Å². The van der Waals surface area contributed by atoms with E-state index in [1.807, 2.05) is 13.8 Å². The first-order valence-corrected chi connectivity index (χ1v) is 8.68. The van der Waals surface area contributed by atoms with Crippen molar-refractivity contribution in [2.75, 3.05) is 6.54 Å². The van der Waals surface area contributed by atoms with Crippen molar-refractivity contribution in [3.05, 3.63) is 34.9 Å². The van der Waals surface area contributed by atoms with Crippen molar-refractivity contribution in [2.24, 2.45) is 5.92 Å². The number of carbonyl (C=O) groups is 2. The first kappa shape index (κ1) is 19.5. The van der Waals surface area contributed by atoms with E-state index in [0.717, 1.165) is 19.3 Å². The zero-order valence-electron chi connectivity index (χ0n) is 14.2. The Morgan fingerprint density at radius 2 is 1.83 bits per heavy atom. The van der Waals surface area contributed by atoms with Gasteiger partial charge in [0.2, 0.25) is 5.91 Å². The van der Waals surface area contributed by atoms with Crippen LogP contribution in [-0.4, -0.2) is 24.4 Å². The highest BCUT2D eigenvalue weighted by molar-refractivity contribution is 6.33. The third kappa shape index (κ3) is 6.61. The standard InChI is InChI=1S/C18H27ClN2O2/c1-4-5-6-9-12-20-18(23)16(13(2)3)21-17(22)14-10-7-8-11-15(14)19/h7-8,10-11,13,16H,4-6,9,12H2,1-3H3,(H,20,23)(H,21,22). The van der Waals surface area contributed by atoms with Crippen molar-refractivity contribution < 1.29 is 9.59 Å². The van der Waals surface area contributed by atoms with Gasteiger partial charge in [-0.25, -0.2) is 0 Å². The minimum Gasteiger partial charge on any atom is -0.354 e. The van der Waals surface area contributed by atoms with Crippen LogP contribution < -0.4 is 10.6 Å². The summed E-state index contributed by atoms with van der Waals surface area (Å²) in [7, 11) is 0. The highest BCUT2D eigenvalue weighted by Crippen LogP contribution is 2.15. The summed E-state index contributed by atoms with van der Waals surface area (Å²) < 4.78 is 0. The van der Waals surface area contributed by atoms with Gasteiger partial charge in [0.25, 0.3) is 5.91 Å². The number of hydrogen-bond donors (Lipinski definition) is 2. The molecule has 0 fully saturated rings. The number of halogens is 1. The Morgan fingerprint density at radius 1 is 1.13 bits per heavy atom. The topological polar surface area (TPSA) is 58.2 Å². The largest absolute Gasteiger partial charge is 0.354 e. The SMILES string of the molecule is CCCCCCNC(=O)C(NC(=O)c1ccccc1Cl)C(C)C. The van der Waals surface area contributed by atoms with Crippen LogP contribution in [0.4, 0.5) is 0 Å². The molecule has 0 saturated heterocycles. The summed E-state index contributed by atoms with van der Waals surface area (Å²) in [5.74, 6) is -0.468. The van der Waals surface area contributed by atoms with Crippen LogP contribution in [0.1, 0.15) is 56.8 Å². The number of nitrogens with one attached hydrogen (secondary N) is 2. The molecule has 0 saturated carbocycles. The molecule has 4 nitrogen and oxygen atoms in total. The predicted molar refractivity (Wildman–Crippen MR) is 94.7 cm³/mol. The van der Waals surface area contributed by atoms with Gasteiger partial charge in [0.05, 0.1) is 10.6 Å². The van der Waals surface area contributed by atoms with E-state index in [0.29, 0.717) is 17.1 Å². The number of amides is 2. The molecule has 128 valence electrons. The zero-order chi connectivity index (χ0) is 17.2. The van der Waals surface area contributed by atoms with Gasteiger partial charge in [0, 0.05) is 6.54 Å². The molecule has 2 amide bonds. The Labute approximate surface area is 144 Å². The highest BCUT2D eigenvalue weighted by atomic mass is 35.5. The highest BCUT2D eigenvalue weighted by Gasteiger charge is 2.24. The van der Waals surface area contributed by atoms with Gasteiger partial charge in [-0.15, -0.1) is 0 Å². The Morgan fingerprint density at radius 3 is 2.43 bits per heavy atom. The second kappa shape index (κ2) is 10.3. The molecular weight excluding hydrogens is 312 g/mol. The summed E-state index contributed by atoms with van der Waals surface area (Å²) in [4.78, 5) is 24.6. The van der Waals surface area contributed by atoms with Crippen molar-refractivity contribution in [2.45, 2.75) is 52.5 Å². The normalized spacial score (nSPS) is 12.0. The lowest BCUT2D eigenvalue weighted by atomic mass is 10.0. The molecule has 0 heterocycles.